The molecular weight excluding hydrogens is 267 g/mol. The second-order valence-electron chi connectivity index (χ2n) is 5.34. The Balaban J connectivity index is 1.65. The van der Waals surface area contributed by atoms with Gasteiger partial charge in [0.15, 0.2) is 0 Å². The van der Waals surface area contributed by atoms with Crippen molar-refractivity contribution < 1.29 is 9.13 Å². The van der Waals surface area contributed by atoms with Gasteiger partial charge in [-0.3, -0.25) is 0 Å². The second-order valence-corrected chi connectivity index (χ2v) is 5.34. The Bertz CT molecular complexity index is 597. The van der Waals surface area contributed by atoms with Crippen molar-refractivity contribution in [1.29, 1.82) is 0 Å². The Morgan fingerprint density at radius 3 is 2.76 bits per heavy atom. The van der Waals surface area contributed by atoms with E-state index in [0.717, 1.165) is 37.2 Å². The van der Waals surface area contributed by atoms with Crippen molar-refractivity contribution >= 4 is 0 Å². The summed E-state index contributed by atoms with van der Waals surface area (Å²) in [5, 5.41) is 3.36. The first-order chi connectivity index (χ1) is 10.3. The lowest BCUT2D eigenvalue weighted by Gasteiger charge is -2.22. The number of hydrogen-bond acceptors (Lipinski definition) is 3. The zero-order valence-corrected chi connectivity index (χ0v) is 11.9. The first-order valence-corrected chi connectivity index (χ1v) is 7.36. The number of piperidine rings is 1. The molecule has 0 radical (unpaired) electrons. The predicted octanol–water partition coefficient (Wildman–Crippen LogP) is 3.27. The number of pyridine rings is 1. The van der Waals surface area contributed by atoms with Gasteiger partial charge in [0.25, 0.3) is 0 Å². The quantitative estimate of drug-likeness (QED) is 0.936. The highest BCUT2D eigenvalue weighted by atomic mass is 19.1. The van der Waals surface area contributed by atoms with E-state index < -0.39 is 0 Å². The first kappa shape index (κ1) is 14.0. The number of halogens is 1. The number of nitrogens with zero attached hydrogens (tertiary/aromatic N) is 1. The number of ether oxygens (including phenoxy) is 1. The fraction of sp³-hybridized carbons (Fsp3) is 0.353. The summed E-state index contributed by atoms with van der Waals surface area (Å²) in [5.41, 5.74) is 1.90. The molecule has 0 amide bonds. The molecule has 3 nitrogen and oxygen atoms in total. The molecule has 0 aliphatic carbocycles. The highest BCUT2D eigenvalue weighted by Gasteiger charge is 2.16. The van der Waals surface area contributed by atoms with Crippen LogP contribution in [0.25, 0.3) is 0 Å². The molecule has 0 unspecified atom stereocenters. The van der Waals surface area contributed by atoms with E-state index >= 15 is 0 Å². The van der Waals surface area contributed by atoms with Gasteiger partial charge < -0.3 is 10.1 Å². The van der Waals surface area contributed by atoms with E-state index in [0.29, 0.717) is 18.4 Å². The molecule has 1 saturated heterocycles. The van der Waals surface area contributed by atoms with Gasteiger partial charge in [-0.1, -0.05) is 18.2 Å². The molecule has 3 rings (SSSR count). The minimum atomic E-state index is -0.243. The maximum Gasteiger partial charge on any atom is 0.213 e. The molecule has 1 fully saturated rings. The van der Waals surface area contributed by atoms with Gasteiger partial charge in [-0.25, -0.2) is 9.37 Å². The van der Waals surface area contributed by atoms with Gasteiger partial charge >= 0.3 is 0 Å². The SMILES string of the molecule is Fc1cccc(COc2cccc(C3CCNCC3)n2)c1. The predicted molar refractivity (Wildman–Crippen MR) is 79.8 cm³/mol. The number of aromatic nitrogens is 1. The Morgan fingerprint density at radius 1 is 1.14 bits per heavy atom. The normalized spacial score (nSPS) is 15.9. The lowest BCUT2D eigenvalue weighted by Crippen LogP contribution is -2.27. The second kappa shape index (κ2) is 6.68. The van der Waals surface area contributed by atoms with Crippen LogP contribution in [0.5, 0.6) is 5.88 Å². The highest BCUT2D eigenvalue weighted by Crippen LogP contribution is 2.25. The van der Waals surface area contributed by atoms with Crippen LogP contribution in [-0.4, -0.2) is 18.1 Å². The minimum Gasteiger partial charge on any atom is -0.473 e. The summed E-state index contributed by atoms with van der Waals surface area (Å²) < 4.78 is 18.8. The Labute approximate surface area is 124 Å². The van der Waals surface area contributed by atoms with E-state index in [1.54, 1.807) is 6.07 Å². The van der Waals surface area contributed by atoms with Crippen molar-refractivity contribution in [2.24, 2.45) is 0 Å². The molecule has 21 heavy (non-hydrogen) atoms. The lowest BCUT2D eigenvalue weighted by atomic mass is 9.94. The van der Waals surface area contributed by atoms with E-state index in [2.05, 4.69) is 16.4 Å². The van der Waals surface area contributed by atoms with Crippen molar-refractivity contribution in [2.75, 3.05) is 13.1 Å². The number of rotatable bonds is 4. The molecule has 0 spiro atoms. The van der Waals surface area contributed by atoms with Gasteiger partial charge in [-0.2, -0.15) is 0 Å². The van der Waals surface area contributed by atoms with E-state index in [9.17, 15) is 4.39 Å². The van der Waals surface area contributed by atoms with Crippen molar-refractivity contribution in [3.63, 3.8) is 0 Å². The molecule has 110 valence electrons. The Kier molecular flexibility index (Phi) is 4.46. The largest absolute Gasteiger partial charge is 0.473 e. The first-order valence-electron chi connectivity index (χ1n) is 7.36. The van der Waals surface area contributed by atoms with Gasteiger partial charge in [-0.05, 0) is 49.7 Å². The zero-order valence-electron chi connectivity index (χ0n) is 11.9. The van der Waals surface area contributed by atoms with Crippen molar-refractivity contribution in [1.82, 2.24) is 10.3 Å². The molecule has 1 aliphatic heterocycles. The summed E-state index contributed by atoms with van der Waals surface area (Å²) in [6, 6.07) is 12.3. The average Bonchev–Trinajstić information content (AvgIpc) is 2.54. The third-order valence-corrected chi connectivity index (χ3v) is 3.78. The highest BCUT2D eigenvalue weighted by molar-refractivity contribution is 5.21. The topological polar surface area (TPSA) is 34.1 Å². The summed E-state index contributed by atoms with van der Waals surface area (Å²) in [6.45, 7) is 2.42. The van der Waals surface area contributed by atoms with E-state index in [1.165, 1.54) is 12.1 Å². The monoisotopic (exact) mass is 286 g/mol. The molecule has 2 heterocycles. The molecule has 1 aromatic heterocycles. The fourth-order valence-electron chi connectivity index (χ4n) is 2.64. The van der Waals surface area contributed by atoms with Gasteiger partial charge in [0.05, 0.1) is 0 Å². The molecule has 0 saturated carbocycles. The number of hydrogen-bond donors (Lipinski definition) is 1. The van der Waals surface area contributed by atoms with Gasteiger partial charge in [0.1, 0.15) is 12.4 Å². The van der Waals surface area contributed by atoms with Crippen LogP contribution >= 0.6 is 0 Å². The standard InChI is InChI=1S/C17H19FN2O/c18-15-4-1-3-13(11-15)12-21-17-6-2-5-16(20-17)14-7-9-19-10-8-14/h1-6,11,14,19H,7-10,12H2. The Hall–Kier alpha value is -1.94. The summed E-state index contributed by atoms with van der Waals surface area (Å²) in [6.07, 6.45) is 2.22. The molecule has 0 bridgehead atoms. The summed E-state index contributed by atoms with van der Waals surface area (Å²) in [7, 11) is 0. The van der Waals surface area contributed by atoms with Crippen LogP contribution in [0, 0.1) is 5.82 Å². The molecule has 0 atom stereocenters. The van der Waals surface area contributed by atoms with Gasteiger partial charge in [-0.15, -0.1) is 0 Å². The van der Waals surface area contributed by atoms with Gasteiger partial charge in [0, 0.05) is 17.7 Å². The molecule has 4 heteroatoms. The maximum absolute atomic E-state index is 13.1. The summed E-state index contributed by atoms with van der Waals surface area (Å²) in [5.74, 6) is 0.867. The average molecular weight is 286 g/mol. The lowest BCUT2D eigenvalue weighted by molar-refractivity contribution is 0.291. The molecule has 1 N–H and O–H groups in total. The van der Waals surface area contributed by atoms with Crippen molar-refractivity contribution in [3.8, 4) is 5.88 Å². The van der Waals surface area contributed by atoms with Crippen LogP contribution in [0.1, 0.15) is 30.0 Å². The van der Waals surface area contributed by atoms with Crippen LogP contribution in [0.2, 0.25) is 0 Å². The van der Waals surface area contributed by atoms with Crippen LogP contribution < -0.4 is 10.1 Å². The van der Waals surface area contributed by atoms with Crippen LogP contribution in [0.15, 0.2) is 42.5 Å². The number of nitrogens with one attached hydrogen (secondary N) is 1. The molecule has 1 aliphatic rings. The Morgan fingerprint density at radius 2 is 1.95 bits per heavy atom. The third kappa shape index (κ3) is 3.79. The smallest absolute Gasteiger partial charge is 0.213 e. The number of benzene rings is 1. The van der Waals surface area contributed by atoms with E-state index in [4.69, 9.17) is 4.74 Å². The summed E-state index contributed by atoms with van der Waals surface area (Å²) in [4.78, 5) is 4.59. The third-order valence-electron chi connectivity index (χ3n) is 3.78. The minimum absolute atomic E-state index is 0.243. The van der Waals surface area contributed by atoms with Gasteiger partial charge in [0.2, 0.25) is 5.88 Å². The van der Waals surface area contributed by atoms with Crippen LogP contribution in [0.4, 0.5) is 4.39 Å². The van der Waals surface area contributed by atoms with Crippen LogP contribution in [0.3, 0.4) is 0 Å². The van der Waals surface area contributed by atoms with Crippen molar-refractivity contribution in [3.05, 3.63) is 59.5 Å². The summed E-state index contributed by atoms with van der Waals surface area (Å²) >= 11 is 0. The van der Waals surface area contributed by atoms with E-state index in [1.807, 2.05) is 18.2 Å². The van der Waals surface area contributed by atoms with E-state index in [-0.39, 0.29) is 5.82 Å². The van der Waals surface area contributed by atoms with Crippen LogP contribution in [-0.2, 0) is 6.61 Å². The molecule has 2 aromatic rings. The maximum atomic E-state index is 13.1. The fourth-order valence-corrected chi connectivity index (χ4v) is 2.64. The molecule has 1 aromatic carbocycles. The van der Waals surface area contributed by atoms with Crippen molar-refractivity contribution in [2.45, 2.75) is 25.4 Å². The molecular formula is C17H19FN2O. The zero-order chi connectivity index (χ0) is 14.5.